The lowest BCUT2D eigenvalue weighted by molar-refractivity contribution is -0.106. The summed E-state index contributed by atoms with van der Waals surface area (Å²) in [5, 5.41) is 0. The lowest BCUT2D eigenvalue weighted by Crippen LogP contribution is -2.16. The molecule has 0 saturated heterocycles. The first-order valence-corrected chi connectivity index (χ1v) is 7.13. The summed E-state index contributed by atoms with van der Waals surface area (Å²) in [6.07, 6.45) is 0.856. The summed E-state index contributed by atoms with van der Waals surface area (Å²) in [6, 6.07) is 15.7. The Bertz CT molecular complexity index is 497. The van der Waals surface area contributed by atoms with Crippen molar-refractivity contribution in [1.82, 2.24) is 0 Å². The first kappa shape index (κ1) is 12.8. The van der Waals surface area contributed by atoms with Gasteiger partial charge in [-0.05, 0) is 69.4 Å². The van der Waals surface area contributed by atoms with Crippen LogP contribution in [0.1, 0.15) is 0 Å². The van der Waals surface area contributed by atoms with Gasteiger partial charge in [0.15, 0.2) is 0 Å². The molecule has 0 aliphatic heterocycles. The Morgan fingerprint density at radius 1 is 0.824 bits per heavy atom. The summed E-state index contributed by atoms with van der Waals surface area (Å²) in [6.45, 7) is 0. The summed E-state index contributed by atoms with van der Waals surface area (Å²) < 4.78 is 2.11. The van der Waals surface area contributed by atoms with Gasteiger partial charge < -0.3 is 0 Å². The average molecular weight is 449 g/mol. The molecule has 0 spiro atoms. The molecular formula is C13H9I2NO. The van der Waals surface area contributed by atoms with Crippen molar-refractivity contribution >= 4 is 63.0 Å². The monoisotopic (exact) mass is 449 g/mol. The Morgan fingerprint density at radius 2 is 1.24 bits per heavy atom. The number of hydrogen-bond acceptors (Lipinski definition) is 1. The predicted octanol–water partition coefficient (Wildman–Crippen LogP) is 4.19. The highest BCUT2D eigenvalue weighted by molar-refractivity contribution is 14.1. The van der Waals surface area contributed by atoms with Gasteiger partial charge >= 0.3 is 0 Å². The van der Waals surface area contributed by atoms with Crippen molar-refractivity contribution < 1.29 is 4.79 Å². The minimum atomic E-state index is 0.856. The second-order valence-corrected chi connectivity index (χ2v) is 5.70. The molecular weight excluding hydrogens is 440 g/mol. The summed E-state index contributed by atoms with van der Waals surface area (Å²) in [4.78, 5) is 13.0. The van der Waals surface area contributed by atoms with E-state index < -0.39 is 0 Å². The highest BCUT2D eigenvalue weighted by Crippen LogP contribution is 2.31. The van der Waals surface area contributed by atoms with Gasteiger partial charge in [0.25, 0.3) is 0 Å². The van der Waals surface area contributed by atoms with Crippen LogP contribution in [0.3, 0.4) is 0 Å². The Hall–Kier alpha value is -0.630. The van der Waals surface area contributed by atoms with Gasteiger partial charge in [0, 0.05) is 7.14 Å². The van der Waals surface area contributed by atoms with Crippen LogP contribution in [0.4, 0.5) is 11.4 Å². The van der Waals surface area contributed by atoms with Crippen molar-refractivity contribution in [1.29, 1.82) is 0 Å². The number of halogens is 2. The van der Waals surface area contributed by atoms with Gasteiger partial charge in [-0.25, -0.2) is 0 Å². The van der Waals surface area contributed by atoms with Crippen LogP contribution in [0.5, 0.6) is 0 Å². The lowest BCUT2D eigenvalue weighted by atomic mass is 10.2. The average Bonchev–Trinajstić information content (AvgIpc) is 2.34. The van der Waals surface area contributed by atoms with Crippen LogP contribution >= 0.6 is 45.2 Å². The first-order valence-electron chi connectivity index (χ1n) is 4.97. The van der Waals surface area contributed by atoms with Crippen LogP contribution in [-0.4, -0.2) is 6.41 Å². The molecule has 0 saturated carbocycles. The maximum atomic E-state index is 11.3. The van der Waals surface area contributed by atoms with Crippen molar-refractivity contribution in [3.63, 3.8) is 0 Å². The van der Waals surface area contributed by atoms with E-state index in [0.717, 1.165) is 24.9 Å². The number of amides is 1. The second kappa shape index (κ2) is 5.81. The molecule has 2 aromatic carbocycles. The number of rotatable bonds is 3. The molecule has 0 atom stereocenters. The summed E-state index contributed by atoms with van der Waals surface area (Å²) >= 11 is 4.47. The van der Waals surface area contributed by atoms with Crippen molar-refractivity contribution in [2.45, 2.75) is 0 Å². The first-order chi connectivity index (χ1) is 8.24. The van der Waals surface area contributed by atoms with Crippen molar-refractivity contribution in [2.75, 3.05) is 4.90 Å². The fraction of sp³-hybridized carbons (Fsp3) is 0. The van der Waals surface area contributed by atoms with Gasteiger partial charge in [-0.15, -0.1) is 0 Å². The molecule has 0 heterocycles. The highest BCUT2D eigenvalue weighted by atomic mass is 127. The van der Waals surface area contributed by atoms with Crippen LogP contribution in [0, 0.1) is 7.14 Å². The van der Waals surface area contributed by atoms with Gasteiger partial charge in [-0.2, -0.15) is 0 Å². The van der Waals surface area contributed by atoms with E-state index in [1.165, 1.54) is 0 Å². The Balaban J connectivity index is 2.52. The van der Waals surface area contributed by atoms with Gasteiger partial charge in [0.05, 0.1) is 11.4 Å². The number of nitrogens with zero attached hydrogens (tertiary/aromatic N) is 1. The molecule has 2 rings (SSSR count). The van der Waals surface area contributed by atoms with E-state index >= 15 is 0 Å². The topological polar surface area (TPSA) is 20.3 Å². The van der Waals surface area contributed by atoms with Gasteiger partial charge in [0.2, 0.25) is 6.41 Å². The van der Waals surface area contributed by atoms with Gasteiger partial charge in [-0.3, -0.25) is 9.69 Å². The van der Waals surface area contributed by atoms with E-state index in [-0.39, 0.29) is 0 Å². The summed E-state index contributed by atoms with van der Waals surface area (Å²) in [5.74, 6) is 0. The third-order valence-electron chi connectivity index (χ3n) is 2.33. The molecule has 0 N–H and O–H groups in total. The van der Waals surface area contributed by atoms with E-state index in [2.05, 4.69) is 45.2 Å². The van der Waals surface area contributed by atoms with Crippen LogP contribution in [-0.2, 0) is 4.79 Å². The largest absolute Gasteiger partial charge is 0.281 e. The number of anilines is 2. The molecule has 0 unspecified atom stereocenters. The van der Waals surface area contributed by atoms with Crippen molar-refractivity contribution in [3.8, 4) is 0 Å². The lowest BCUT2D eigenvalue weighted by Gasteiger charge is -2.20. The quantitative estimate of drug-likeness (QED) is 0.509. The highest BCUT2D eigenvalue weighted by Gasteiger charge is 2.13. The Kier molecular flexibility index (Phi) is 4.38. The molecule has 2 aromatic rings. The number of carbonyl (C=O) groups excluding carboxylic acids is 1. The molecule has 0 aliphatic rings. The zero-order valence-corrected chi connectivity index (χ0v) is 13.1. The van der Waals surface area contributed by atoms with Crippen LogP contribution in [0.15, 0.2) is 48.5 Å². The number of benzene rings is 2. The molecule has 0 aliphatic carbocycles. The fourth-order valence-electron chi connectivity index (χ4n) is 1.54. The predicted molar refractivity (Wildman–Crippen MR) is 86.5 cm³/mol. The standard InChI is InChI=1S/C13H9I2NO/c14-10-5-1-3-7-12(10)16(9-17)13-8-4-2-6-11(13)15/h1-9H. The molecule has 1 amide bonds. The Labute approximate surface area is 127 Å². The van der Waals surface area contributed by atoms with Crippen molar-refractivity contribution in [3.05, 3.63) is 55.7 Å². The van der Waals surface area contributed by atoms with Crippen LogP contribution in [0.2, 0.25) is 0 Å². The summed E-state index contributed by atoms with van der Waals surface area (Å²) in [5.41, 5.74) is 1.82. The minimum Gasteiger partial charge on any atom is -0.281 e. The molecule has 0 aromatic heterocycles. The number of carbonyl (C=O) groups is 1. The van der Waals surface area contributed by atoms with Gasteiger partial charge in [0.1, 0.15) is 0 Å². The maximum absolute atomic E-state index is 11.3. The van der Waals surface area contributed by atoms with Crippen molar-refractivity contribution in [2.24, 2.45) is 0 Å². The molecule has 4 heteroatoms. The zero-order valence-electron chi connectivity index (χ0n) is 8.81. The maximum Gasteiger partial charge on any atom is 0.218 e. The summed E-state index contributed by atoms with van der Waals surface area (Å²) in [7, 11) is 0. The van der Waals surface area contributed by atoms with Crippen LogP contribution in [0.25, 0.3) is 0 Å². The molecule has 17 heavy (non-hydrogen) atoms. The van der Waals surface area contributed by atoms with Crippen LogP contribution < -0.4 is 4.90 Å². The number of hydrogen-bond donors (Lipinski definition) is 0. The molecule has 86 valence electrons. The van der Waals surface area contributed by atoms with E-state index in [9.17, 15) is 4.79 Å². The zero-order chi connectivity index (χ0) is 12.3. The molecule has 0 fully saturated rings. The Morgan fingerprint density at radius 3 is 1.59 bits per heavy atom. The molecule has 0 radical (unpaired) electrons. The smallest absolute Gasteiger partial charge is 0.218 e. The third-order valence-corrected chi connectivity index (χ3v) is 4.15. The number of para-hydroxylation sites is 2. The molecule has 2 nitrogen and oxygen atoms in total. The SMILES string of the molecule is O=CN(c1ccccc1I)c1ccccc1I. The van der Waals surface area contributed by atoms with E-state index in [1.807, 2.05) is 48.5 Å². The molecule has 0 bridgehead atoms. The van der Waals surface area contributed by atoms with E-state index in [4.69, 9.17) is 0 Å². The second-order valence-electron chi connectivity index (χ2n) is 3.38. The fourth-order valence-corrected chi connectivity index (χ4v) is 2.83. The minimum absolute atomic E-state index is 0.856. The normalized spacial score (nSPS) is 10.0. The van der Waals surface area contributed by atoms with E-state index in [0.29, 0.717) is 0 Å². The van der Waals surface area contributed by atoms with Gasteiger partial charge in [-0.1, -0.05) is 24.3 Å². The van der Waals surface area contributed by atoms with E-state index in [1.54, 1.807) is 4.90 Å². The third kappa shape index (κ3) is 2.79.